The summed E-state index contributed by atoms with van der Waals surface area (Å²) in [5, 5.41) is 12.6. The molecule has 3 atom stereocenters. The van der Waals surface area contributed by atoms with Crippen molar-refractivity contribution in [2.45, 2.75) is 71.1 Å². The largest absolute Gasteiger partial charge is 0.463 e. The molecule has 2 amide bonds. The second-order valence-electron chi connectivity index (χ2n) is 11.9. The molecule has 0 saturated heterocycles. The standard InChI is InChI=1S/C34H44N2O7/c1-34(2,3)43-31(39)22-28-17-11-10-16-27(21-30(38)36(18-19-37)23-26-14-8-5-9-15-26)32(40)35-29(24-42-33(28)41)20-25-12-6-4-7-13-25/h4-15,27-29,37H,16-24H2,1-3H3,(H,35,40)/b11-10-/t27-,28+,29+/m1/s1. The first-order valence-electron chi connectivity index (χ1n) is 14.8. The number of allylic oxidation sites excluding steroid dienone is 2. The van der Waals surface area contributed by atoms with Gasteiger partial charge in [-0.3, -0.25) is 19.2 Å². The maximum absolute atomic E-state index is 13.6. The van der Waals surface area contributed by atoms with E-state index in [2.05, 4.69) is 5.32 Å². The Labute approximate surface area is 254 Å². The number of carbonyl (C=O) groups is 4. The van der Waals surface area contributed by atoms with Crippen LogP contribution >= 0.6 is 0 Å². The topological polar surface area (TPSA) is 122 Å². The number of nitrogens with one attached hydrogen (secondary N) is 1. The molecule has 0 fully saturated rings. The Hall–Kier alpha value is -3.98. The number of rotatable bonds is 10. The zero-order chi connectivity index (χ0) is 31.2. The van der Waals surface area contributed by atoms with E-state index in [0.29, 0.717) is 13.0 Å². The van der Waals surface area contributed by atoms with E-state index in [1.807, 2.05) is 60.7 Å². The number of hydrogen-bond acceptors (Lipinski definition) is 7. The second-order valence-corrected chi connectivity index (χ2v) is 11.9. The van der Waals surface area contributed by atoms with E-state index in [1.165, 1.54) is 0 Å². The molecule has 2 aromatic carbocycles. The van der Waals surface area contributed by atoms with E-state index in [4.69, 9.17) is 9.47 Å². The molecule has 0 radical (unpaired) electrons. The fourth-order valence-electron chi connectivity index (χ4n) is 4.88. The number of carbonyl (C=O) groups excluding carboxylic acids is 4. The molecule has 1 heterocycles. The van der Waals surface area contributed by atoms with Gasteiger partial charge in [-0.2, -0.15) is 0 Å². The van der Waals surface area contributed by atoms with Crippen LogP contribution in [0.2, 0.25) is 0 Å². The van der Waals surface area contributed by atoms with Crippen LogP contribution in [0.4, 0.5) is 0 Å². The molecule has 0 aromatic heterocycles. The molecule has 3 rings (SSSR count). The van der Waals surface area contributed by atoms with Crippen LogP contribution in [0.25, 0.3) is 0 Å². The molecule has 0 spiro atoms. The van der Waals surface area contributed by atoms with Crippen molar-refractivity contribution in [1.82, 2.24) is 10.2 Å². The average Bonchev–Trinajstić information content (AvgIpc) is 2.95. The fraction of sp³-hybridized carbons (Fsp3) is 0.471. The number of cyclic esters (lactones) is 1. The van der Waals surface area contributed by atoms with Gasteiger partial charge in [0, 0.05) is 19.5 Å². The van der Waals surface area contributed by atoms with Crippen LogP contribution in [0.1, 0.15) is 57.6 Å². The van der Waals surface area contributed by atoms with Crippen molar-refractivity contribution in [1.29, 1.82) is 0 Å². The van der Waals surface area contributed by atoms with Gasteiger partial charge < -0.3 is 24.8 Å². The molecule has 1 aliphatic heterocycles. The fourth-order valence-corrected chi connectivity index (χ4v) is 4.88. The summed E-state index contributed by atoms with van der Waals surface area (Å²) in [5.74, 6) is -3.01. The molecule has 0 saturated carbocycles. The number of nitrogens with zero attached hydrogens (tertiary/aromatic N) is 1. The molecule has 0 unspecified atom stereocenters. The molecule has 0 bridgehead atoms. The predicted octanol–water partition coefficient (Wildman–Crippen LogP) is 3.98. The SMILES string of the molecule is CC(C)(C)OC(=O)C[C@@H]1C/C=C\C[C@H](CC(=O)N(CCO)Cc2ccccc2)C(=O)N[C@@H](Cc2ccccc2)COC1=O. The molecule has 0 aliphatic carbocycles. The minimum atomic E-state index is -0.746. The monoisotopic (exact) mass is 592 g/mol. The zero-order valence-corrected chi connectivity index (χ0v) is 25.4. The van der Waals surface area contributed by atoms with Crippen LogP contribution in [0.15, 0.2) is 72.8 Å². The van der Waals surface area contributed by atoms with E-state index < -0.39 is 35.4 Å². The van der Waals surface area contributed by atoms with E-state index in [1.54, 1.807) is 37.8 Å². The number of aliphatic hydroxyl groups is 1. The van der Waals surface area contributed by atoms with Crippen molar-refractivity contribution in [3.63, 3.8) is 0 Å². The van der Waals surface area contributed by atoms with Gasteiger partial charge in [-0.15, -0.1) is 0 Å². The highest BCUT2D eigenvalue weighted by atomic mass is 16.6. The first-order valence-corrected chi connectivity index (χ1v) is 14.8. The van der Waals surface area contributed by atoms with Gasteiger partial charge in [-0.1, -0.05) is 72.8 Å². The Kier molecular flexibility index (Phi) is 12.9. The highest BCUT2D eigenvalue weighted by Gasteiger charge is 2.30. The first-order chi connectivity index (χ1) is 20.5. The van der Waals surface area contributed by atoms with E-state index in [0.717, 1.165) is 11.1 Å². The van der Waals surface area contributed by atoms with Gasteiger partial charge in [0.2, 0.25) is 11.8 Å². The number of esters is 2. The number of benzene rings is 2. The Morgan fingerprint density at radius 2 is 1.53 bits per heavy atom. The smallest absolute Gasteiger partial charge is 0.309 e. The lowest BCUT2D eigenvalue weighted by molar-refractivity contribution is -0.161. The summed E-state index contributed by atoms with van der Waals surface area (Å²) in [6.45, 7) is 5.50. The minimum absolute atomic E-state index is 0.0534. The molecule has 2 N–H and O–H groups in total. The van der Waals surface area contributed by atoms with Gasteiger partial charge in [-0.25, -0.2) is 0 Å². The molecular formula is C34H44N2O7. The van der Waals surface area contributed by atoms with Crippen LogP contribution in [-0.2, 0) is 41.6 Å². The Morgan fingerprint density at radius 1 is 0.930 bits per heavy atom. The van der Waals surface area contributed by atoms with E-state index in [9.17, 15) is 24.3 Å². The Morgan fingerprint density at radius 3 is 2.14 bits per heavy atom. The summed E-state index contributed by atoms with van der Waals surface area (Å²) < 4.78 is 11.1. The third-order valence-electron chi connectivity index (χ3n) is 7.00. The van der Waals surface area contributed by atoms with Gasteiger partial charge in [0.15, 0.2) is 0 Å². The molecule has 43 heavy (non-hydrogen) atoms. The molecule has 2 aromatic rings. The molecule has 9 nitrogen and oxygen atoms in total. The van der Waals surface area contributed by atoms with Crippen LogP contribution in [-0.4, -0.2) is 65.2 Å². The predicted molar refractivity (Wildman–Crippen MR) is 162 cm³/mol. The van der Waals surface area contributed by atoms with E-state index >= 15 is 0 Å². The lowest BCUT2D eigenvalue weighted by atomic mass is 9.95. The van der Waals surface area contributed by atoms with Crippen molar-refractivity contribution in [3.8, 4) is 0 Å². The number of ether oxygens (including phenoxy) is 2. The normalized spacial score (nSPS) is 20.5. The lowest BCUT2D eigenvalue weighted by Gasteiger charge is -2.27. The summed E-state index contributed by atoms with van der Waals surface area (Å²) in [4.78, 5) is 54.1. The summed E-state index contributed by atoms with van der Waals surface area (Å²) in [6, 6.07) is 18.5. The number of amides is 2. The van der Waals surface area contributed by atoms with Crippen molar-refractivity contribution < 1.29 is 33.8 Å². The summed E-state index contributed by atoms with van der Waals surface area (Å²) in [7, 11) is 0. The average molecular weight is 593 g/mol. The quantitative estimate of drug-likeness (QED) is 0.316. The third kappa shape index (κ3) is 12.0. The Balaban J connectivity index is 1.81. The van der Waals surface area contributed by atoms with Gasteiger partial charge in [0.1, 0.15) is 12.2 Å². The maximum atomic E-state index is 13.6. The van der Waals surface area contributed by atoms with Crippen molar-refractivity contribution >= 4 is 23.8 Å². The van der Waals surface area contributed by atoms with Crippen LogP contribution in [0.5, 0.6) is 0 Å². The molecule has 232 valence electrons. The number of hydrogen-bond donors (Lipinski definition) is 2. The highest BCUT2D eigenvalue weighted by Crippen LogP contribution is 2.20. The van der Waals surface area contributed by atoms with Crippen LogP contribution in [0, 0.1) is 11.8 Å². The molecule has 1 aliphatic rings. The van der Waals surface area contributed by atoms with Crippen LogP contribution < -0.4 is 5.32 Å². The van der Waals surface area contributed by atoms with Crippen LogP contribution in [0.3, 0.4) is 0 Å². The maximum Gasteiger partial charge on any atom is 0.309 e. The molecule has 9 heteroatoms. The van der Waals surface area contributed by atoms with Gasteiger partial charge in [-0.05, 0) is 51.2 Å². The first kappa shape index (κ1) is 33.5. The summed E-state index contributed by atoms with van der Waals surface area (Å²) in [6.07, 6.45) is 4.25. The summed E-state index contributed by atoms with van der Waals surface area (Å²) >= 11 is 0. The van der Waals surface area contributed by atoms with Crippen molar-refractivity contribution in [2.75, 3.05) is 19.8 Å². The molecular weight excluding hydrogens is 548 g/mol. The van der Waals surface area contributed by atoms with Gasteiger partial charge in [0.25, 0.3) is 0 Å². The minimum Gasteiger partial charge on any atom is -0.463 e. The Bertz CT molecular complexity index is 1220. The van der Waals surface area contributed by atoms with Crippen molar-refractivity contribution in [2.24, 2.45) is 11.8 Å². The zero-order valence-electron chi connectivity index (χ0n) is 25.4. The second kappa shape index (κ2) is 16.6. The highest BCUT2D eigenvalue weighted by molar-refractivity contribution is 5.86. The van der Waals surface area contributed by atoms with Crippen molar-refractivity contribution in [3.05, 3.63) is 83.9 Å². The van der Waals surface area contributed by atoms with Gasteiger partial charge in [0.05, 0.1) is 30.9 Å². The summed E-state index contributed by atoms with van der Waals surface area (Å²) in [5.41, 5.74) is 1.19. The third-order valence-corrected chi connectivity index (χ3v) is 7.00. The number of aliphatic hydroxyl groups excluding tert-OH is 1. The van der Waals surface area contributed by atoms with E-state index in [-0.39, 0.29) is 57.3 Å². The van der Waals surface area contributed by atoms with Gasteiger partial charge >= 0.3 is 11.9 Å². The lowest BCUT2D eigenvalue weighted by Crippen LogP contribution is -2.45.